The first-order chi connectivity index (χ1) is 12.0. The number of nitrogens with one attached hydrogen (secondary N) is 2. The number of hydrogen-bond donors (Lipinski definition) is 2. The van der Waals surface area contributed by atoms with Crippen LogP contribution in [0.2, 0.25) is 0 Å². The molecule has 2 aliphatic rings. The Balaban J connectivity index is 0.00000243. The van der Waals surface area contributed by atoms with Crippen molar-refractivity contribution in [2.24, 2.45) is 5.92 Å². The highest BCUT2D eigenvalue weighted by Crippen LogP contribution is 2.25. The van der Waals surface area contributed by atoms with Gasteiger partial charge in [0, 0.05) is 13.0 Å². The molecule has 0 spiro atoms. The normalized spacial score (nSPS) is 19.5. The van der Waals surface area contributed by atoms with Crippen molar-refractivity contribution in [1.29, 1.82) is 0 Å². The zero-order valence-electron chi connectivity index (χ0n) is 15.1. The van der Waals surface area contributed by atoms with Gasteiger partial charge in [-0.2, -0.15) is 0 Å². The molecule has 2 N–H and O–H groups in total. The average molecular weight is 401 g/mol. The lowest BCUT2D eigenvalue weighted by Gasteiger charge is -2.22. The van der Waals surface area contributed by atoms with E-state index in [-0.39, 0.29) is 30.5 Å². The summed E-state index contributed by atoms with van der Waals surface area (Å²) in [6.07, 6.45) is 6.47. The lowest BCUT2D eigenvalue weighted by molar-refractivity contribution is -0.120. The minimum atomic E-state index is -3.39. The molecule has 1 fully saturated rings. The van der Waals surface area contributed by atoms with Gasteiger partial charge in [-0.25, -0.2) is 8.42 Å². The second-order valence-electron chi connectivity index (χ2n) is 7.20. The van der Waals surface area contributed by atoms with Crippen LogP contribution < -0.4 is 10.6 Å². The van der Waals surface area contributed by atoms with E-state index in [1.807, 2.05) is 6.07 Å². The smallest absolute Gasteiger partial charge is 0.221 e. The molecule has 1 aliphatic heterocycles. The van der Waals surface area contributed by atoms with Crippen molar-refractivity contribution in [1.82, 2.24) is 10.6 Å². The SMILES string of the molecule is Cl.O=C(CCS(=O)(=O)c1ccc2c(c1)CCC2)NCCC1CCCNC1. The van der Waals surface area contributed by atoms with E-state index in [2.05, 4.69) is 10.6 Å². The Hall–Kier alpha value is -1.11. The zero-order chi connectivity index (χ0) is 17.7. The number of hydrogen-bond acceptors (Lipinski definition) is 4. The van der Waals surface area contributed by atoms with E-state index < -0.39 is 9.84 Å². The van der Waals surface area contributed by atoms with Crippen molar-refractivity contribution in [2.75, 3.05) is 25.4 Å². The molecule has 1 saturated heterocycles. The molecule has 146 valence electrons. The third kappa shape index (κ3) is 5.69. The Morgan fingerprint density at radius 2 is 2.00 bits per heavy atom. The summed E-state index contributed by atoms with van der Waals surface area (Å²) < 4.78 is 24.9. The molecule has 3 rings (SSSR count). The summed E-state index contributed by atoms with van der Waals surface area (Å²) in [6, 6.07) is 5.41. The second-order valence-corrected chi connectivity index (χ2v) is 9.31. The molecule has 1 aromatic carbocycles. The van der Waals surface area contributed by atoms with E-state index >= 15 is 0 Å². The number of carbonyl (C=O) groups excluding carboxylic acids is 1. The van der Waals surface area contributed by atoms with Crippen molar-refractivity contribution < 1.29 is 13.2 Å². The number of rotatable bonds is 7. The number of amides is 1. The highest BCUT2D eigenvalue weighted by atomic mass is 35.5. The highest BCUT2D eigenvalue weighted by molar-refractivity contribution is 7.91. The molecule has 0 saturated carbocycles. The minimum Gasteiger partial charge on any atom is -0.356 e. The van der Waals surface area contributed by atoms with Crippen LogP contribution in [0.3, 0.4) is 0 Å². The van der Waals surface area contributed by atoms with Crippen molar-refractivity contribution in [3.05, 3.63) is 29.3 Å². The number of halogens is 1. The van der Waals surface area contributed by atoms with Gasteiger partial charge in [0.05, 0.1) is 10.6 Å². The average Bonchev–Trinajstić information content (AvgIpc) is 3.09. The summed E-state index contributed by atoms with van der Waals surface area (Å²) in [5.41, 5.74) is 2.40. The van der Waals surface area contributed by atoms with E-state index in [0.717, 1.165) is 44.3 Å². The zero-order valence-corrected chi connectivity index (χ0v) is 16.8. The predicted octanol–water partition coefficient (Wildman–Crippen LogP) is 2.27. The topological polar surface area (TPSA) is 75.3 Å². The molecular weight excluding hydrogens is 372 g/mol. The van der Waals surface area contributed by atoms with Gasteiger partial charge in [-0.1, -0.05) is 6.07 Å². The standard InChI is InChI=1S/C19H28N2O3S.ClH/c22-19(21-11-8-15-3-2-10-20-14-15)9-12-25(23,24)18-7-6-16-4-1-5-17(16)13-18;/h6-7,13,15,20H,1-5,8-12,14H2,(H,21,22);1H. The fraction of sp³-hybridized carbons (Fsp3) is 0.632. The monoisotopic (exact) mass is 400 g/mol. The maximum atomic E-state index is 12.5. The van der Waals surface area contributed by atoms with Crippen LogP contribution in [0, 0.1) is 5.92 Å². The van der Waals surface area contributed by atoms with E-state index in [1.165, 1.54) is 18.4 Å². The molecule has 0 radical (unpaired) electrons. The first kappa shape index (κ1) is 21.2. The summed E-state index contributed by atoms with van der Waals surface area (Å²) in [5.74, 6) is 0.320. The maximum absolute atomic E-state index is 12.5. The lowest BCUT2D eigenvalue weighted by atomic mass is 9.96. The van der Waals surface area contributed by atoms with Crippen LogP contribution in [-0.2, 0) is 27.5 Å². The summed E-state index contributed by atoms with van der Waals surface area (Å²) in [5, 5.41) is 6.23. The van der Waals surface area contributed by atoms with Gasteiger partial charge in [0.1, 0.15) is 0 Å². The third-order valence-corrected chi connectivity index (χ3v) is 7.01. The number of carbonyl (C=O) groups is 1. The molecule has 0 bridgehead atoms. The van der Waals surface area contributed by atoms with Crippen LogP contribution in [0.4, 0.5) is 0 Å². The van der Waals surface area contributed by atoms with Gasteiger partial charge in [0.25, 0.3) is 0 Å². The molecule has 1 heterocycles. The number of benzene rings is 1. The molecule has 5 nitrogen and oxygen atoms in total. The molecule has 7 heteroatoms. The van der Waals surface area contributed by atoms with Crippen LogP contribution in [0.1, 0.15) is 43.2 Å². The Bertz CT molecular complexity index is 715. The van der Waals surface area contributed by atoms with E-state index in [1.54, 1.807) is 12.1 Å². The fourth-order valence-corrected chi connectivity index (χ4v) is 5.05. The van der Waals surface area contributed by atoms with Crippen LogP contribution in [0.15, 0.2) is 23.1 Å². The van der Waals surface area contributed by atoms with Gasteiger partial charge in [-0.15, -0.1) is 12.4 Å². The minimum absolute atomic E-state index is 0. The van der Waals surface area contributed by atoms with E-state index in [4.69, 9.17) is 0 Å². The van der Waals surface area contributed by atoms with Crippen LogP contribution in [0.25, 0.3) is 0 Å². The van der Waals surface area contributed by atoms with Gasteiger partial charge < -0.3 is 10.6 Å². The quantitative estimate of drug-likeness (QED) is 0.736. The number of fused-ring (bicyclic) bond motifs is 1. The molecule has 0 aromatic heterocycles. The first-order valence-corrected chi connectivity index (χ1v) is 11.0. The Kier molecular flexibility index (Phi) is 7.92. The summed E-state index contributed by atoms with van der Waals surface area (Å²) in [7, 11) is -3.39. The van der Waals surface area contributed by atoms with Crippen molar-refractivity contribution in [3.8, 4) is 0 Å². The van der Waals surface area contributed by atoms with Gasteiger partial charge in [-0.3, -0.25) is 4.79 Å². The van der Waals surface area contributed by atoms with E-state index in [0.29, 0.717) is 17.4 Å². The van der Waals surface area contributed by atoms with Gasteiger partial charge in [0.15, 0.2) is 9.84 Å². The third-order valence-electron chi connectivity index (χ3n) is 5.30. The van der Waals surface area contributed by atoms with Crippen molar-refractivity contribution >= 4 is 28.2 Å². The number of sulfone groups is 1. The summed E-state index contributed by atoms with van der Waals surface area (Å²) >= 11 is 0. The summed E-state index contributed by atoms with van der Waals surface area (Å²) in [6.45, 7) is 2.73. The highest BCUT2D eigenvalue weighted by Gasteiger charge is 2.20. The first-order valence-electron chi connectivity index (χ1n) is 9.36. The predicted molar refractivity (Wildman–Crippen MR) is 106 cm³/mol. The Morgan fingerprint density at radius 1 is 1.19 bits per heavy atom. The lowest BCUT2D eigenvalue weighted by Crippen LogP contribution is -2.33. The van der Waals surface area contributed by atoms with Crippen LogP contribution in [0.5, 0.6) is 0 Å². The van der Waals surface area contributed by atoms with Crippen LogP contribution in [-0.4, -0.2) is 39.7 Å². The van der Waals surface area contributed by atoms with Gasteiger partial charge in [0.2, 0.25) is 5.91 Å². The molecular formula is C19H29ClN2O3S. The van der Waals surface area contributed by atoms with Gasteiger partial charge >= 0.3 is 0 Å². The molecule has 1 amide bonds. The molecule has 1 aliphatic carbocycles. The number of piperidine rings is 1. The van der Waals surface area contributed by atoms with Crippen molar-refractivity contribution in [3.63, 3.8) is 0 Å². The number of aryl methyl sites for hydroxylation is 2. The van der Waals surface area contributed by atoms with Crippen molar-refractivity contribution in [2.45, 2.75) is 49.8 Å². The van der Waals surface area contributed by atoms with Crippen LogP contribution >= 0.6 is 12.4 Å². The fourth-order valence-electron chi connectivity index (χ4n) is 3.76. The molecule has 1 aromatic rings. The second kappa shape index (κ2) is 9.72. The van der Waals surface area contributed by atoms with E-state index in [9.17, 15) is 13.2 Å². The summed E-state index contributed by atoms with van der Waals surface area (Å²) in [4.78, 5) is 12.3. The maximum Gasteiger partial charge on any atom is 0.221 e. The Morgan fingerprint density at radius 3 is 2.77 bits per heavy atom. The molecule has 1 atom stereocenters. The largest absolute Gasteiger partial charge is 0.356 e. The Labute approximate surface area is 162 Å². The van der Waals surface area contributed by atoms with Gasteiger partial charge in [-0.05, 0) is 80.8 Å². The molecule has 1 unspecified atom stereocenters. The molecule has 26 heavy (non-hydrogen) atoms.